The number of halogens is 3. The molecule has 8 heteroatoms. The summed E-state index contributed by atoms with van der Waals surface area (Å²) in [7, 11) is 1.31. The molecule has 0 fully saturated rings. The van der Waals surface area contributed by atoms with Gasteiger partial charge < -0.3 is 5.32 Å². The fourth-order valence-electron chi connectivity index (χ4n) is 2.32. The minimum atomic E-state index is -1.70. The van der Waals surface area contributed by atoms with Gasteiger partial charge in [-0.05, 0) is 30.3 Å². The van der Waals surface area contributed by atoms with E-state index in [0.717, 1.165) is 11.0 Å². The second kappa shape index (κ2) is 5.48. The summed E-state index contributed by atoms with van der Waals surface area (Å²) in [5, 5.41) is 2.09. The Kier molecular flexibility index (Phi) is 3.59. The van der Waals surface area contributed by atoms with E-state index in [2.05, 4.69) is 5.32 Å². The maximum absolute atomic E-state index is 13.6. The lowest BCUT2D eigenvalue weighted by Crippen LogP contribution is -2.24. The number of hydrogen-bond acceptors (Lipinski definition) is 3. The monoisotopic (exact) mass is 334 g/mol. The van der Waals surface area contributed by atoms with Crippen LogP contribution in [0.2, 0.25) is 0 Å². The highest BCUT2D eigenvalue weighted by Crippen LogP contribution is 2.24. The Morgan fingerprint density at radius 2 is 1.62 bits per heavy atom. The molecule has 0 aromatic heterocycles. The Balaban J connectivity index is 1.92. The van der Waals surface area contributed by atoms with E-state index >= 15 is 0 Å². The van der Waals surface area contributed by atoms with Gasteiger partial charge in [-0.1, -0.05) is 0 Å². The van der Waals surface area contributed by atoms with Gasteiger partial charge in [-0.25, -0.2) is 13.2 Å². The first-order chi connectivity index (χ1) is 11.3. The van der Waals surface area contributed by atoms with Crippen LogP contribution in [0.1, 0.15) is 31.1 Å². The Bertz CT molecular complexity index is 912. The molecular weight excluding hydrogens is 325 g/mol. The number of nitrogens with one attached hydrogen (secondary N) is 1. The summed E-state index contributed by atoms with van der Waals surface area (Å²) in [5.41, 5.74) is -0.382. The van der Waals surface area contributed by atoms with Crippen LogP contribution in [0.25, 0.3) is 0 Å². The summed E-state index contributed by atoms with van der Waals surface area (Å²) in [4.78, 5) is 36.7. The molecule has 24 heavy (non-hydrogen) atoms. The molecule has 1 aliphatic rings. The van der Waals surface area contributed by atoms with Gasteiger partial charge in [-0.2, -0.15) is 0 Å². The fraction of sp³-hybridized carbons (Fsp3) is 0.0625. The molecule has 5 nitrogen and oxygen atoms in total. The number of hydrogen-bond donors (Lipinski definition) is 1. The van der Waals surface area contributed by atoms with E-state index < -0.39 is 40.9 Å². The molecule has 1 N–H and O–H groups in total. The van der Waals surface area contributed by atoms with Crippen molar-refractivity contribution >= 4 is 23.4 Å². The van der Waals surface area contributed by atoms with Gasteiger partial charge in [0.1, 0.15) is 0 Å². The van der Waals surface area contributed by atoms with Crippen molar-refractivity contribution in [1.82, 2.24) is 4.90 Å². The molecule has 1 aliphatic heterocycles. The summed E-state index contributed by atoms with van der Waals surface area (Å²) in [5.74, 6) is -6.51. The molecule has 2 aromatic carbocycles. The molecule has 3 rings (SSSR count). The largest absolute Gasteiger partial charge is 0.319 e. The Hall–Kier alpha value is -3.16. The molecular formula is C16H9F3N2O3. The second-order valence-electron chi connectivity index (χ2n) is 5.11. The van der Waals surface area contributed by atoms with Gasteiger partial charge in [0.15, 0.2) is 17.5 Å². The molecule has 0 unspecified atom stereocenters. The smallest absolute Gasteiger partial charge is 0.261 e. The number of anilines is 1. The predicted octanol–water partition coefficient (Wildman–Crippen LogP) is 2.58. The standard InChI is InChI=1S/C16H9F3N2O3/c1-21-15(23)8-3-2-7(6-9(8)16(21)24)14(22)20-11-5-4-10(17)12(18)13(11)19/h2-6H,1H3,(H,20,22). The number of nitrogens with zero attached hydrogens (tertiary/aromatic N) is 1. The molecule has 2 aromatic rings. The zero-order chi connectivity index (χ0) is 17.6. The Labute approximate surface area is 133 Å². The van der Waals surface area contributed by atoms with Gasteiger partial charge in [-0.15, -0.1) is 0 Å². The first-order valence-corrected chi connectivity index (χ1v) is 6.72. The minimum absolute atomic E-state index is 0.0330. The van der Waals surface area contributed by atoms with Crippen molar-refractivity contribution in [1.29, 1.82) is 0 Å². The summed E-state index contributed by atoms with van der Waals surface area (Å²) in [6.07, 6.45) is 0. The predicted molar refractivity (Wildman–Crippen MR) is 77.1 cm³/mol. The zero-order valence-electron chi connectivity index (χ0n) is 12.2. The molecule has 0 saturated carbocycles. The highest BCUT2D eigenvalue weighted by atomic mass is 19.2. The SMILES string of the molecule is CN1C(=O)c2ccc(C(=O)Nc3ccc(F)c(F)c3F)cc2C1=O. The van der Waals surface area contributed by atoms with Gasteiger partial charge in [0.2, 0.25) is 0 Å². The number of rotatable bonds is 2. The lowest BCUT2D eigenvalue weighted by Gasteiger charge is -2.08. The van der Waals surface area contributed by atoms with Crippen LogP contribution in [-0.4, -0.2) is 29.7 Å². The highest BCUT2D eigenvalue weighted by Gasteiger charge is 2.33. The van der Waals surface area contributed by atoms with E-state index in [9.17, 15) is 27.6 Å². The fourth-order valence-corrected chi connectivity index (χ4v) is 2.32. The molecule has 122 valence electrons. The van der Waals surface area contributed by atoms with E-state index in [1.807, 2.05) is 0 Å². The summed E-state index contributed by atoms with van der Waals surface area (Å²) in [6, 6.07) is 5.31. The van der Waals surface area contributed by atoms with Crippen molar-refractivity contribution in [3.05, 3.63) is 64.5 Å². The normalized spacial score (nSPS) is 13.2. The van der Waals surface area contributed by atoms with Gasteiger partial charge in [-0.3, -0.25) is 19.3 Å². The highest BCUT2D eigenvalue weighted by molar-refractivity contribution is 6.22. The van der Waals surface area contributed by atoms with Crippen LogP contribution in [-0.2, 0) is 0 Å². The molecule has 0 saturated heterocycles. The van der Waals surface area contributed by atoms with E-state index in [0.29, 0.717) is 6.07 Å². The lowest BCUT2D eigenvalue weighted by molar-refractivity contribution is 0.0693. The molecule has 0 radical (unpaired) electrons. The van der Waals surface area contributed by atoms with Crippen molar-refractivity contribution in [3.8, 4) is 0 Å². The average Bonchev–Trinajstić information content (AvgIpc) is 2.79. The van der Waals surface area contributed by atoms with Crippen molar-refractivity contribution in [3.63, 3.8) is 0 Å². The number of benzene rings is 2. The molecule has 0 bridgehead atoms. The van der Waals surface area contributed by atoms with Crippen LogP contribution in [0.5, 0.6) is 0 Å². The molecule has 0 spiro atoms. The van der Waals surface area contributed by atoms with Gasteiger partial charge in [0, 0.05) is 12.6 Å². The van der Waals surface area contributed by atoms with Crippen LogP contribution in [0.3, 0.4) is 0 Å². The number of amides is 3. The average molecular weight is 334 g/mol. The van der Waals surface area contributed by atoms with Gasteiger partial charge in [0.05, 0.1) is 16.8 Å². The van der Waals surface area contributed by atoms with E-state index in [1.165, 1.54) is 25.2 Å². The minimum Gasteiger partial charge on any atom is -0.319 e. The van der Waals surface area contributed by atoms with Crippen LogP contribution in [0, 0.1) is 17.5 Å². The molecule has 3 amide bonds. The Morgan fingerprint density at radius 1 is 0.958 bits per heavy atom. The van der Waals surface area contributed by atoms with Crippen LogP contribution >= 0.6 is 0 Å². The van der Waals surface area contributed by atoms with Gasteiger partial charge >= 0.3 is 0 Å². The zero-order valence-corrected chi connectivity index (χ0v) is 12.2. The summed E-state index contributed by atoms with van der Waals surface area (Å²) in [6.45, 7) is 0. The number of imide groups is 1. The Morgan fingerprint density at radius 3 is 2.33 bits per heavy atom. The first-order valence-electron chi connectivity index (χ1n) is 6.72. The third kappa shape index (κ3) is 2.32. The topological polar surface area (TPSA) is 66.5 Å². The third-order valence-corrected chi connectivity index (χ3v) is 3.64. The second-order valence-corrected chi connectivity index (χ2v) is 5.11. The van der Waals surface area contributed by atoms with Crippen molar-refractivity contribution in [2.45, 2.75) is 0 Å². The molecule has 0 aliphatic carbocycles. The van der Waals surface area contributed by atoms with Crippen molar-refractivity contribution in [2.75, 3.05) is 12.4 Å². The van der Waals surface area contributed by atoms with Crippen molar-refractivity contribution in [2.24, 2.45) is 0 Å². The third-order valence-electron chi connectivity index (χ3n) is 3.64. The lowest BCUT2D eigenvalue weighted by atomic mass is 10.1. The van der Waals surface area contributed by atoms with Crippen LogP contribution in [0.4, 0.5) is 18.9 Å². The first kappa shape index (κ1) is 15.7. The van der Waals surface area contributed by atoms with Crippen LogP contribution in [0.15, 0.2) is 30.3 Å². The maximum Gasteiger partial charge on any atom is 0.261 e. The number of carbonyl (C=O) groups is 3. The molecule has 1 heterocycles. The number of fused-ring (bicyclic) bond motifs is 1. The van der Waals surface area contributed by atoms with E-state index in [1.54, 1.807) is 0 Å². The van der Waals surface area contributed by atoms with E-state index in [-0.39, 0.29) is 16.7 Å². The van der Waals surface area contributed by atoms with E-state index in [4.69, 9.17) is 0 Å². The summed E-state index contributed by atoms with van der Waals surface area (Å²) < 4.78 is 39.6. The van der Waals surface area contributed by atoms with Crippen molar-refractivity contribution < 1.29 is 27.6 Å². The number of carbonyl (C=O) groups excluding carboxylic acids is 3. The van der Waals surface area contributed by atoms with Gasteiger partial charge in [0.25, 0.3) is 17.7 Å². The quantitative estimate of drug-likeness (QED) is 0.678. The van der Waals surface area contributed by atoms with Crippen LogP contribution < -0.4 is 5.32 Å². The molecule has 0 atom stereocenters. The summed E-state index contributed by atoms with van der Waals surface area (Å²) >= 11 is 0. The maximum atomic E-state index is 13.6.